The molecule has 0 unspecified atom stereocenters. The van der Waals surface area contributed by atoms with Crippen LogP contribution < -0.4 is 0 Å². The fourth-order valence-corrected chi connectivity index (χ4v) is 3.03. The zero-order valence-electron chi connectivity index (χ0n) is 15.4. The van der Waals surface area contributed by atoms with Crippen LogP contribution in [-0.4, -0.2) is 12.6 Å². The van der Waals surface area contributed by atoms with Gasteiger partial charge in [-0.3, -0.25) is 4.79 Å². The number of carbonyl (C=O) groups is 1. The van der Waals surface area contributed by atoms with E-state index in [0.29, 0.717) is 13.0 Å². The molecule has 0 spiro atoms. The molecule has 1 aliphatic carbocycles. The lowest BCUT2D eigenvalue weighted by molar-refractivity contribution is -0.142. The van der Waals surface area contributed by atoms with Gasteiger partial charge in [-0.15, -0.1) is 0 Å². The SMILES string of the molecule is CCOC(=O)CC/C=C/C=C(C)/C=C/C1=C(C)CCCC1(C)C. The van der Waals surface area contributed by atoms with Crippen LogP contribution in [0.4, 0.5) is 0 Å². The molecule has 0 fully saturated rings. The van der Waals surface area contributed by atoms with E-state index in [-0.39, 0.29) is 11.4 Å². The Hall–Kier alpha value is -1.57. The Labute approximate surface area is 142 Å². The molecule has 0 heterocycles. The molecule has 0 atom stereocenters. The van der Waals surface area contributed by atoms with Crippen molar-refractivity contribution in [1.82, 2.24) is 0 Å². The minimum atomic E-state index is -0.125. The molecule has 0 N–H and O–H groups in total. The van der Waals surface area contributed by atoms with Gasteiger partial charge in [-0.1, -0.05) is 55.4 Å². The standard InChI is InChI=1S/C21H32O2/c1-6-23-20(22)13-9-7-8-11-17(2)14-15-19-18(3)12-10-16-21(19,4)5/h7-8,11,14-15H,6,9-10,12-13,16H2,1-5H3/b8-7+,15-14+,17-11+. The normalized spacial score (nSPS) is 18.9. The molecule has 0 radical (unpaired) electrons. The summed E-state index contributed by atoms with van der Waals surface area (Å²) in [7, 11) is 0. The molecular weight excluding hydrogens is 284 g/mol. The predicted octanol–water partition coefficient (Wildman–Crippen LogP) is 5.92. The summed E-state index contributed by atoms with van der Waals surface area (Å²) >= 11 is 0. The fraction of sp³-hybridized carbons (Fsp3) is 0.571. The number of rotatable bonds is 7. The summed E-state index contributed by atoms with van der Waals surface area (Å²) < 4.78 is 4.90. The van der Waals surface area contributed by atoms with Crippen LogP contribution in [0.15, 0.2) is 47.1 Å². The van der Waals surface area contributed by atoms with Crippen LogP contribution in [0.1, 0.15) is 66.7 Å². The van der Waals surface area contributed by atoms with Crippen LogP contribution in [0.25, 0.3) is 0 Å². The number of hydrogen-bond donors (Lipinski definition) is 0. The summed E-state index contributed by atoms with van der Waals surface area (Å²) in [4.78, 5) is 11.2. The van der Waals surface area contributed by atoms with E-state index in [4.69, 9.17) is 4.74 Å². The molecule has 0 saturated carbocycles. The second-order valence-corrected chi connectivity index (χ2v) is 6.95. The first-order valence-electron chi connectivity index (χ1n) is 8.74. The average molecular weight is 316 g/mol. The zero-order chi connectivity index (χ0) is 17.3. The highest BCUT2D eigenvalue weighted by molar-refractivity contribution is 5.69. The van der Waals surface area contributed by atoms with Crippen LogP contribution in [-0.2, 0) is 9.53 Å². The maximum absolute atomic E-state index is 11.2. The number of esters is 1. The molecule has 128 valence electrons. The molecule has 0 aromatic heterocycles. The molecule has 23 heavy (non-hydrogen) atoms. The van der Waals surface area contributed by atoms with Gasteiger partial charge in [0.05, 0.1) is 6.61 Å². The second-order valence-electron chi connectivity index (χ2n) is 6.95. The highest BCUT2D eigenvalue weighted by atomic mass is 16.5. The van der Waals surface area contributed by atoms with Crippen LogP contribution in [0, 0.1) is 5.41 Å². The summed E-state index contributed by atoms with van der Waals surface area (Å²) in [6.07, 6.45) is 15.6. The minimum Gasteiger partial charge on any atom is -0.466 e. The van der Waals surface area contributed by atoms with Gasteiger partial charge < -0.3 is 4.74 Å². The van der Waals surface area contributed by atoms with E-state index in [0.717, 1.165) is 6.42 Å². The largest absolute Gasteiger partial charge is 0.466 e. The van der Waals surface area contributed by atoms with Gasteiger partial charge in [0.25, 0.3) is 0 Å². The van der Waals surface area contributed by atoms with Gasteiger partial charge in [0.2, 0.25) is 0 Å². The Morgan fingerprint density at radius 3 is 2.74 bits per heavy atom. The Bertz CT molecular complexity index is 516. The summed E-state index contributed by atoms with van der Waals surface area (Å²) in [5.41, 5.74) is 4.52. The first-order chi connectivity index (χ1) is 10.9. The van der Waals surface area contributed by atoms with Crippen molar-refractivity contribution in [2.75, 3.05) is 6.61 Å². The average Bonchev–Trinajstić information content (AvgIpc) is 2.46. The Morgan fingerprint density at radius 1 is 1.35 bits per heavy atom. The van der Waals surface area contributed by atoms with Gasteiger partial charge in [0.15, 0.2) is 0 Å². The van der Waals surface area contributed by atoms with Crippen LogP contribution >= 0.6 is 0 Å². The van der Waals surface area contributed by atoms with Crippen molar-refractivity contribution in [3.8, 4) is 0 Å². The van der Waals surface area contributed by atoms with Crippen molar-refractivity contribution in [3.05, 3.63) is 47.1 Å². The van der Waals surface area contributed by atoms with E-state index in [2.05, 4.69) is 45.9 Å². The fourth-order valence-electron chi connectivity index (χ4n) is 3.03. The summed E-state index contributed by atoms with van der Waals surface area (Å²) in [5.74, 6) is -0.125. The first-order valence-corrected chi connectivity index (χ1v) is 8.74. The molecule has 0 aliphatic heterocycles. The first kappa shape index (κ1) is 19.5. The molecule has 0 bridgehead atoms. The van der Waals surface area contributed by atoms with E-state index in [1.165, 1.54) is 36.0 Å². The van der Waals surface area contributed by atoms with E-state index in [1.807, 2.05) is 19.1 Å². The second kappa shape index (κ2) is 9.54. The Balaban J connectivity index is 2.54. The van der Waals surface area contributed by atoms with Crippen LogP contribution in [0.2, 0.25) is 0 Å². The molecular formula is C21H32O2. The highest BCUT2D eigenvalue weighted by Crippen LogP contribution is 2.40. The third kappa shape index (κ3) is 7.02. The quantitative estimate of drug-likeness (QED) is 0.431. The van der Waals surface area contributed by atoms with Gasteiger partial charge >= 0.3 is 5.97 Å². The maximum Gasteiger partial charge on any atom is 0.306 e. The minimum absolute atomic E-state index is 0.125. The Kier molecular flexibility index (Phi) is 8.08. The molecule has 1 rings (SSSR count). The molecule has 0 amide bonds. The van der Waals surface area contributed by atoms with Crippen molar-refractivity contribution in [3.63, 3.8) is 0 Å². The van der Waals surface area contributed by atoms with E-state index in [9.17, 15) is 4.79 Å². The third-order valence-electron chi connectivity index (χ3n) is 4.37. The van der Waals surface area contributed by atoms with Gasteiger partial charge in [0, 0.05) is 6.42 Å². The van der Waals surface area contributed by atoms with E-state index >= 15 is 0 Å². The van der Waals surface area contributed by atoms with Gasteiger partial charge in [-0.05, 0) is 57.4 Å². The molecule has 0 aromatic rings. The Morgan fingerprint density at radius 2 is 2.09 bits per heavy atom. The summed E-state index contributed by atoms with van der Waals surface area (Å²) in [6.45, 7) is 11.3. The van der Waals surface area contributed by atoms with Crippen LogP contribution in [0.5, 0.6) is 0 Å². The lowest BCUT2D eigenvalue weighted by Crippen LogP contribution is -2.19. The zero-order valence-corrected chi connectivity index (χ0v) is 15.4. The number of ether oxygens (including phenoxy) is 1. The molecule has 2 nitrogen and oxygen atoms in total. The van der Waals surface area contributed by atoms with Gasteiger partial charge in [-0.2, -0.15) is 0 Å². The smallest absolute Gasteiger partial charge is 0.306 e. The van der Waals surface area contributed by atoms with Crippen molar-refractivity contribution < 1.29 is 9.53 Å². The highest BCUT2D eigenvalue weighted by Gasteiger charge is 2.26. The molecule has 1 aliphatic rings. The molecule has 0 aromatic carbocycles. The van der Waals surface area contributed by atoms with Crippen molar-refractivity contribution in [2.45, 2.75) is 66.7 Å². The molecule has 0 saturated heterocycles. The van der Waals surface area contributed by atoms with Crippen LogP contribution in [0.3, 0.4) is 0 Å². The van der Waals surface area contributed by atoms with Gasteiger partial charge in [-0.25, -0.2) is 0 Å². The lowest BCUT2D eigenvalue weighted by atomic mass is 9.72. The number of allylic oxidation sites excluding steroid dienone is 8. The predicted molar refractivity (Wildman–Crippen MR) is 98.2 cm³/mol. The van der Waals surface area contributed by atoms with E-state index in [1.54, 1.807) is 0 Å². The topological polar surface area (TPSA) is 26.3 Å². The number of carbonyl (C=O) groups excluding carboxylic acids is 1. The summed E-state index contributed by atoms with van der Waals surface area (Å²) in [6, 6.07) is 0. The summed E-state index contributed by atoms with van der Waals surface area (Å²) in [5, 5.41) is 0. The van der Waals surface area contributed by atoms with Crippen molar-refractivity contribution >= 4 is 5.97 Å². The maximum atomic E-state index is 11.2. The van der Waals surface area contributed by atoms with Crippen molar-refractivity contribution in [2.24, 2.45) is 5.41 Å². The molecule has 2 heteroatoms. The van der Waals surface area contributed by atoms with E-state index < -0.39 is 0 Å². The lowest BCUT2D eigenvalue weighted by Gasteiger charge is -2.32. The monoisotopic (exact) mass is 316 g/mol. The van der Waals surface area contributed by atoms with Crippen molar-refractivity contribution in [1.29, 1.82) is 0 Å². The number of hydrogen-bond acceptors (Lipinski definition) is 2. The van der Waals surface area contributed by atoms with Gasteiger partial charge in [0.1, 0.15) is 0 Å². The third-order valence-corrected chi connectivity index (χ3v) is 4.37.